The van der Waals surface area contributed by atoms with Crippen molar-refractivity contribution in [2.24, 2.45) is 5.92 Å². The topological polar surface area (TPSA) is 61.2 Å². The van der Waals surface area contributed by atoms with Gasteiger partial charge >= 0.3 is 6.18 Å². The predicted molar refractivity (Wildman–Crippen MR) is 59.0 cm³/mol. The number of hydrogen-bond acceptors (Lipinski definition) is 3. The Hall–Kier alpha value is -0.810. The van der Waals surface area contributed by atoms with Gasteiger partial charge in [0.2, 0.25) is 10.0 Å². The highest BCUT2D eigenvalue weighted by molar-refractivity contribution is 7.89. The molecule has 18 heavy (non-hydrogen) atoms. The van der Waals surface area contributed by atoms with Gasteiger partial charge in [-0.25, -0.2) is 12.7 Å². The second kappa shape index (κ2) is 5.89. The van der Waals surface area contributed by atoms with Crippen molar-refractivity contribution in [1.29, 1.82) is 5.26 Å². The fourth-order valence-corrected chi connectivity index (χ4v) is 3.38. The predicted octanol–water partition coefficient (Wildman–Crippen LogP) is 1.89. The summed E-state index contributed by atoms with van der Waals surface area (Å²) in [6.07, 6.45) is -4.90. The third-order valence-electron chi connectivity index (χ3n) is 2.89. The largest absolute Gasteiger partial charge is 0.389 e. The molecule has 8 heteroatoms. The minimum atomic E-state index is -4.32. The maximum atomic E-state index is 11.9. The Morgan fingerprint density at radius 2 is 1.83 bits per heavy atom. The zero-order chi connectivity index (χ0) is 13.8. The standard InChI is InChI=1S/C10H15F3N2O2S/c11-10(12,13)4-1-7-18(16,17)15-5-2-9(8-14)3-6-15/h9H,1-7H2. The fraction of sp³-hybridized carbons (Fsp3) is 0.900. The SMILES string of the molecule is N#CC1CCN(S(=O)(=O)CCCC(F)(F)F)CC1. The van der Waals surface area contributed by atoms with Crippen LogP contribution in [0.5, 0.6) is 0 Å². The van der Waals surface area contributed by atoms with Crippen molar-refractivity contribution < 1.29 is 21.6 Å². The van der Waals surface area contributed by atoms with Gasteiger partial charge in [-0.05, 0) is 19.3 Å². The smallest absolute Gasteiger partial charge is 0.212 e. The third-order valence-corrected chi connectivity index (χ3v) is 4.85. The van der Waals surface area contributed by atoms with Crippen LogP contribution in [0.25, 0.3) is 0 Å². The minimum Gasteiger partial charge on any atom is -0.212 e. The number of nitrogens with zero attached hydrogens (tertiary/aromatic N) is 2. The van der Waals surface area contributed by atoms with E-state index in [1.807, 2.05) is 0 Å². The van der Waals surface area contributed by atoms with E-state index in [0.717, 1.165) is 0 Å². The van der Waals surface area contributed by atoms with Gasteiger partial charge in [-0.1, -0.05) is 0 Å². The van der Waals surface area contributed by atoms with Crippen LogP contribution in [0.3, 0.4) is 0 Å². The molecule has 0 radical (unpaired) electrons. The van der Waals surface area contributed by atoms with Crippen molar-refractivity contribution in [3.8, 4) is 6.07 Å². The molecular weight excluding hydrogens is 269 g/mol. The van der Waals surface area contributed by atoms with E-state index < -0.39 is 34.8 Å². The molecule has 1 fully saturated rings. The zero-order valence-electron chi connectivity index (χ0n) is 9.78. The summed E-state index contributed by atoms with van der Waals surface area (Å²) in [4.78, 5) is 0. The molecule has 0 N–H and O–H groups in total. The van der Waals surface area contributed by atoms with Crippen LogP contribution in [0.15, 0.2) is 0 Å². The fourth-order valence-electron chi connectivity index (χ4n) is 1.85. The zero-order valence-corrected chi connectivity index (χ0v) is 10.6. The summed E-state index contributed by atoms with van der Waals surface area (Å²) in [6, 6.07) is 2.07. The van der Waals surface area contributed by atoms with Crippen molar-refractivity contribution in [2.75, 3.05) is 18.8 Å². The van der Waals surface area contributed by atoms with E-state index in [2.05, 4.69) is 6.07 Å². The highest BCUT2D eigenvalue weighted by atomic mass is 32.2. The molecule has 0 aromatic rings. The molecule has 0 atom stereocenters. The van der Waals surface area contributed by atoms with E-state index in [9.17, 15) is 21.6 Å². The molecule has 0 aromatic carbocycles. The van der Waals surface area contributed by atoms with Gasteiger partial charge in [-0.2, -0.15) is 18.4 Å². The number of halogens is 3. The second-order valence-corrected chi connectivity index (χ2v) is 6.43. The summed E-state index contributed by atoms with van der Waals surface area (Å²) in [7, 11) is -3.61. The van der Waals surface area contributed by atoms with Crippen LogP contribution >= 0.6 is 0 Å². The number of piperidine rings is 1. The van der Waals surface area contributed by atoms with E-state index in [1.54, 1.807) is 0 Å². The normalized spacial score (nSPS) is 19.7. The minimum absolute atomic E-state index is 0.147. The van der Waals surface area contributed by atoms with E-state index in [0.29, 0.717) is 12.8 Å². The first-order valence-corrected chi connectivity index (χ1v) is 7.30. The van der Waals surface area contributed by atoms with E-state index >= 15 is 0 Å². The molecule has 0 amide bonds. The second-order valence-electron chi connectivity index (χ2n) is 4.34. The van der Waals surface area contributed by atoms with Gasteiger partial charge in [-0.3, -0.25) is 0 Å². The lowest BCUT2D eigenvalue weighted by molar-refractivity contribution is -0.134. The molecule has 1 aliphatic rings. The van der Waals surface area contributed by atoms with Crippen LogP contribution in [0.1, 0.15) is 25.7 Å². The molecule has 0 unspecified atom stereocenters. The maximum Gasteiger partial charge on any atom is 0.389 e. The molecule has 1 rings (SSSR count). The molecule has 104 valence electrons. The lowest BCUT2D eigenvalue weighted by Gasteiger charge is -2.28. The van der Waals surface area contributed by atoms with E-state index in [1.165, 1.54) is 4.31 Å². The van der Waals surface area contributed by atoms with Crippen molar-refractivity contribution in [2.45, 2.75) is 31.9 Å². The number of alkyl halides is 3. The molecular formula is C10H15F3N2O2S. The van der Waals surface area contributed by atoms with Crippen molar-refractivity contribution in [1.82, 2.24) is 4.31 Å². The van der Waals surface area contributed by atoms with Crippen LogP contribution in [0, 0.1) is 17.2 Å². The van der Waals surface area contributed by atoms with Crippen LogP contribution in [0.2, 0.25) is 0 Å². The Morgan fingerprint density at radius 3 is 2.28 bits per heavy atom. The lowest BCUT2D eigenvalue weighted by Crippen LogP contribution is -2.39. The Morgan fingerprint density at radius 1 is 1.28 bits per heavy atom. The highest BCUT2D eigenvalue weighted by Gasteiger charge is 2.31. The molecule has 0 aliphatic carbocycles. The molecule has 0 aromatic heterocycles. The lowest BCUT2D eigenvalue weighted by atomic mass is 10.0. The van der Waals surface area contributed by atoms with Crippen LogP contribution in [0.4, 0.5) is 13.2 Å². The molecule has 0 spiro atoms. The van der Waals surface area contributed by atoms with Gasteiger partial charge < -0.3 is 0 Å². The Balaban J connectivity index is 2.43. The number of hydrogen-bond donors (Lipinski definition) is 0. The van der Waals surface area contributed by atoms with Gasteiger partial charge in [0.25, 0.3) is 0 Å². The molecule has 1 saturated heterocycles. The average molecular weight is 284 g/mol. The Bertz CT molecular complexity index is 406. The van der Waals surface area contributed by atoms with Crippen molar-refractivity contribution in [3.63, 3.8) is 0 Å². The van der Waals surface area contributed by atoms with E-state index in [-0.39, 0.29) is 19.0 Å². The highest BCUT2D eigenvalue weighted by Crippen LogP contribution is 2.23. The van der Waals surface area contributed by atoms with Crippen molar-refractivity contribution >= 4 is 10.0 Å². The van der Waals surface area contributed by atoms with Crippen LogP contribution in [-0.4, -0.2) is 37.7 Å². The summed E-state index contributed by atoms with van der Waals surface area (Å²) in [5.41, 5.74) is 0. The van der Waals surface area contributed by atoms with Crippen molar-refractivity contribution in [3.05, 3.63) is 0 Å². The van der Waals surface area contributed by atoms with Crippen LogP contribution in [-0.2, 0) is 10.0 Å². The first kappa shape index (κ1) is 15.2. The van der Waals surface area contributed by atoms with E-state index in [4.69, 9.17) is 5.26 Å². The van der Waals surface area contributed by atoms with Gasteiger partial charge in [0.15, 0.2) is 0 Å². The quantitative estimate of drug-likeness (QED) is 0.792. The first-order chi connectivity index (χ1) is 8.24. The summed E-state index contributed by atoms with van der Waals surface area (Å²) in [5, 5.41) is 8.67. The first-order valence-electron chi connectivity index (χ1n) is 5.69. The molecule has 4 nitrogen and oxygen atoms in total. The maximum absolute atomic E-state index is 11.9. The van der Waals surface area contributed by atoms with Gasteiger partial charge in [0.05, 0.1) is 11.8 Å². The van der Waals surface area contributed by atoms with Gasteiger partial charge in [-0.15, -0.1) is 0 Å². The number of sulfonamides is 1. The molecule has 1 heterocycles. The Labute approximate surface area is 104 Å². The van der Waals surface area contributed by atoms with Gasteiger partial charge in [0, 0.05) is 25.4 Å². The summed E-state index contributed by atoms with van der Waals surface area (Å²) < 4.78 is 60.5. The number of rotatable bonds is 4. The summed E-state index contributed by atoms with van der Waals surface area (Å²) in [6.45, 7) is 0.457. The average Bonchev–Trinajstić information content (AvgIpc) is 2.27. The van der Waals surface area contributed by atoms with Crippen LogP contribution < -0.4 is 0 Å². The summed E-state index contributed by atoms with van der Waals surface area (Å²) in [5.74, 6) is -0.629. The Kier molecular flexibility index (Phi) is 4.99. The number of nitriles is 1. The third kappa shape index (κ3) is 4.82. The molecule has 0 bridgehead atoms. The van der Waals surface area contributed by atoms with Gasteiger partial charge in [0.1, 0.15) is 0 Å². The summed E-state index contributed by atoms with van der Waals surface area (Å²) >= 11 is 0. The monoisotopic (exact) mass is 284 g/mol. The molecule has 0 saturated carbocycles. The molecule has 1 aliphatic heterocycles.